The number of carbonyl (C=O) groups is 1. The normalized spacial score (nSPS) is 11.6. The quantitative estimate of drug-likeness (QED) is 0.108. The number of hydrogen-bond donors (Lipinski definition) is 0. The fourth-order valence-electron chi connectivity index (χ4n) is 5.05. The number of unbranched alkanes of at least 4 members (excludes halogenated alkanes) is 14. The van der Waals surface area contributed by atoms with E-state index in [4.69, 9.17) is 4.74 Å². The van der Waals surface area contributed by atoms with E-state index in [0.717, 1.165) is 32.1 Å². The van der Waals surface area contributed by atoms with Gasteiger partial charge in [-0.2, -0.15) is 0 Å². The zero-order chi connectivity index (χ0) is 26.9. The Bertz CT molecular complexity index is 840. The molecule has 0 N–H and O–H groups in total. The van der Waals surface area contributed by atoms with Crippen LogP contribution in [0.4, 0.5) is 0 Å². The fraction of sp³-hybridized carbons (Fsp3) is 0.583. The molecule has 0 saturated carbocycles. The first kappa shape index (κ1) is 31.9. The van der Waals surface area contributed by atoms with Crippen LogP contribution in [0.15, 0.2) is 66.2 Å². The van der Waals surface area contributed by atoms with Crippen molar-refractivity contribution in [2.45, 2.75) is 129 Å². The van der Waals surface area contributed by atoms with E-state index in [1.807, 2.05) is 6.07 Å². The van der Waals surface area contributed by atoms with E-state index in [1.54, 1.807) is 0 Å². The van der Waals surface area contributed by atoms with Gasteiger partial charge in [0.1, 0.15) is 0 Å². The predicted octanol–water partition coefficient (Wildman–Crippen LogP) is 10.9. The topological polar surface area (TPSA) is 26.3 Å². The van der Waals surface area contributed by atoms with E-state index in [9.17, 15) is 4.79 Å². The summed E-state index contributed by atoms with van der Waals surface area (Å²) in [6, 6.07) is 21.1. The third-order valence-electron chi connectivity index (χ3n) is 7.33. The number of allylic oxidation sites excluding steroid dienone is 1. The standard InChI is InChI=1S/C36H54O2/c1-2-3-4-5-6-7-8-9-10-11-12-13-14-15-22-29-36(37)38-30-23-28-35(31-33-24-18-16-19-25-33)32-34-26-20-17-21-27-34/h16-21,24-27,31H,2-15,22-23,28-30,32H2,1H3. The molecule has 0 heterocycles. The van der Waals surface area contributed by atoms with Gasteiger partial charge in [-0.05, 0) is 36.8 Å². The molecule has 210 valence electrons. The first-order valence-corrected chi connectivity index (χ1v) is 15.7. The smallest absolute Gasteiger partial charge is 0.305 e. The third-order valence-corrected chi connectivity index (χ3v) is 7.33. The van der Waals surface area contributed by atoms with Gasteiger partial charge < -0.3 is 4.74 Å². The monoisotopic (exact) mass is 518 g/mol. The molecule has 2 aromatic carbocycles. The van der Waals surface area contributed by atoms with E-state index in [2.05, 4.69) is 67.6 Å². The van der Waals surface area contributed by atoms with E-state index >= 15 is 0 Å². The summed E-state index contributed by atoms with van der Waals surface area (Å²) in [6.45, 7) is 2.80. The molecule has 2 aromatic rings. The zero-order valence-corrected chi connectivity index (χ0v) is 24.3. The van der Waals surface area contributed by atoms with Gasteiger partial charge >= 0.3 is 5.97 Å². The summed E-state index contributed by atoms with van der Waals surface area (Å²) in [6.07, 6.45) is 25.7. The Morgan fingerprint density at radius 2 is 1.11 bits per heavy atom. The lowest BCUT2D eigenvalue weighted by Crippen LogP contribution is -2.06. The Kier molecular flexibility index (Phi) is 19.0. The third kappa shape index (κ3) is 17.2. The van der Waals surface area contributed by atoms with E-state index in [-0.39, 0.29) is 5.97 Å². The Morgan fingerprint density at radius 1 is 0.605 bits per heavy atom. The minimum atomic E-state index is -0.0312. The summed E-state index contributed by atoms with van der Waals surface area (Å²) in [7, 11) is 0. The lowest BCUT2D eigenvalue weighted by molar-refractivity contribution is -0.143. The number of rotatable bonds is 23. The van der Waals surface area contributed by atoms with Gasteiger partial charge in [-0.1, -0.05) is 169 Å². The molecular weight excluding hydrogens is 464 g/mol. The molecule has 0 aromatic heterocycles. The van der Waals surface area contributed by atoms with Gasteiger partial charge in [0.2, 0.25) is 0 Å². The van der Waals surface area contributed by atoms with Crippen LogP contribution in [0.2, 0.25) is 0 Å². The minimum absolute atomic E-state index is 0.0312. The van der Waals surface area contributed by atoms with Crippen molar-refractivity contribution in [3.8, 4) is 0 Å². The first-order chi connectivity index (χ1) is 18.8. The van der Waals surface area contributed by atoms with E-state index in [0.29, 0.717) is 13.0 Å². The highest BCUT2D eigenvalue weighted by atomic mass is 16.5. The van der Waals surface area contributed by atoms with Crippen LogP contribution in [0.1, 0.15) is 134 Å². The SMILES string of the molecule is CCCCCCCCCCCCCCCCCC(=O)OCCCC(=Cc1ccccc1)Cc1ccccc1. The minimum Gasteiger partial charge on any atom is -0.466 e. The molecule has 0 spiro atoms. The van der Waals surface area contributed by atoms with Crippen LogP contribution in [-0.4, -0.2) is 12.6 Å². The summed E-state index contributed by atoms with van der Waals surface area (Å²) in [5.41, 5.74) is 3.92. The fourth-order valence-corrected chi connectivity index (χ4v) is 5.05. The summed E-state index contributed by atoms with van der Waals surface area (Å²) in [4.78, 5) is 12.2. The maximum atomic E-state index is 12.2. The van der Waals surface area contributed by atoms with Crippen molar-refractivity contribution in [1.29, 1.82) is 0 Å². The van der Waals surface area contributed by atoms with Gasteiger partial charge in [0, 0.05) is 6.42 Å². The Balaban J connectivity index is 1.46. The molecule has 0 aliphatic heterocycles. The highest BCUT2D eigenvalue weighted by Gasteiger charge is 2.05. The summed E-state index contributed by atoms with van der Waals surface area (Å²) < 4.78 is 5.55. The number of benzene rings is 2. The highest BCUT2D eigenvalue weighted by molar-refractivity contribution is 5.69. The van der Waals surface area contributed by atoms with Crippen LogP contribution in [0, 0.1) is 0 Å². The van der Waals surface area contributed by atoms with Crippen molar-refractivity contribution in [3.05, 3.63) is 77.4 Å². The van der Waals surface area contributed by atoms with Gasteiger partial charge in [-0.3, -0.25) is 4.79 Å². The molecule has 0 bridgehead atoms. The van der Waals surface area contributed by atoms with Crippen LogP contribution >= 0.6 is 0 Å². The average Bonchev–Trinajstić information content (AvgIpc) is 2.94. The van der Waals surface area contributed by atoms with Gasteiger partial charge in [-0.15, -0.1) is 0 Å². The molecule has 38 heavy (non-hydrogen) atoms. The lowest BCUT2D eigenvalue weighted by atomic mass is 9.99. The van der Waals surface area contributed by atoms with Crippen molar-refractivity contribution >= 4 is 12.0 Å². The molecule has 2 rings (SSSR count). The Labute approximate surface area is 234 Å². The molecule has 0 aliphatic rings. The van der Waals surface area contributed by atoms with E-state index < -0.39 is 0 Å². The van der Waals surface area contributed by atoms with Crippen LogP contribution in [-0.2, 0) is 16.0 Å². The van der Waals surface area contributed by atoms with Crippen molar-refractivity contribution in [3.63, 3.8) is 0 Å². The molecule has 0 amide bonds. The molecule has 0 fully saturated rings. The molecule has 0 saturated heterocycles. The zero-order valence-electron chi connectivity index (χ0n) is 24.3. The summed E-state index contributed by atoms with van der Waals surface area (Å²) >= 11 is 0. The maximum Gasteiger partial charge on any atom is 0.305 e. The van der Waals surface area contributed by atoms with Crippen LogP contribution in [0.5, 0.6) is 0 Å². The second-order valence-electron chi connectivity index (χ2n) is 10.9. The highest BCUT2D eigenvalue weighted by Crippen LogP contribution is 2.18. The summed E-state index contributed by atoms with van der Waals surface area (Å²) in [5, 5.41) is 0. The van der Waals surface area contributed by atoms with Crippen LogP contribution < -0.4 is 0 Å². The first-order valence-electron chi connectivity index (χ1n) is 15.7. The largest absolute Gasteiger partial charge is 0.466 e. The molecule has 2 heteroatoms. The second kappa shape index (κ2) is 22.6. The Morgan fingerprint density at radius 3 is 1.66 bits per heavy atom. The van der Waals surface area contributed by atoms with Gasteiger partial charge in [0.05, 0.1) is 6.61 Å². The lowest BCUT2D eigenvalue weighted by Gasteiger charge is -2.10. The van der Waals surface area contributed by atoms with Crippen LogP contribution in [0.25, 0.3) is 6.08 Å². The number of hydrogen-bond acceptors (Lipinski definition) is 2. The molecule has 0 unspecified atom stereocenters. The Hall–Kier alpha value is -2.35. The molecule has 0 atom stereocenters. The molecule has 0 aliphatic carbocycles. The van der Waals surface area contributed by atoms with Crippen molar-refractivity contribution in [2.24, 2.45) is 0 Å². The second-order valence-corrected chi connectivity index (χ2v) is 10.9. The van der Waals surface area contributed by atoms with Gasteiger partial charge in [-0.25, -0.2) is 0 Å². The molecular formula is C36H54O2. The number of carbonyl (C=O) groups excluding carboxylic acids is 1. The van der Waals surface area contributed by atoms with Crippen LogP contribution in [0.3, 0.4) is 0 Å². The summed E-state index contributed by atoms with van der Waals surface area (Å²) in [5.74, 6) is -0.0312. The van der Waals surface area contributed by atoms with Crippen molar-refractivity contribution in [1.82, 2.24) is 0 Å². The number of esters is 1. The van der Waals surface area contributed by atoms with E-state index in [1.165, 1.54) is 100 Å². The van der Waals surface area contributed by atoms with Gasteiger partial charge in [0.25, 0.3) is 0 Å². The predicted molar refractivity (Wildman–Crippen MR) is 164 cm³/mol. The van der Waals surface area contributed by atoms with Crippen molar-refractivity contribution < 1.29 is 9.53 Å². The molecule has 2 nitrogen and oxygen atoms in total. The average molecular weight is 519 g/mol. The number of ether oxygens (including phenoxy) is 1. The van der Waals surface area contributed by atoms with Crippen molar-refractivity contribution in [2.75, 3.05) is 6.61 Å². The van der Waals surface area contributed by atoms with Gasteiger partial charge in [0.15, 0.2) is 0 Å². The maximum absolute atomic E-state index is 12.2. The molecule has 0 radical (unpaired) electrons.